The van der Waals surface area contributed by atoms with Gasteiger partial charge in [-0.05, 0) is 30.7 Å². The van der Waals surface area contributed by atoms with E-state index in [4.69, 9.17) is 5.73 Å². The molecule has 0 spiro atoms. The van der Waals surface area contributed by atoms with E-state index in [0.29, 0.717) is 0 Å². The molecule has 1 aromatic carbocycles. The standard InChI is InChI=1S/C9H14N2.2ClH/c1-2-7-11-9-5-3-8(10)4-6-9;;/h3-6,11H,2,7,10H2,1H3;2*1H. The molecule has 0 fully saturated rings. The fraction of sp³-hybridized carbons (Fsp3) is 0.333. The molecule has 1 aromatic rings. The highest BCUT2D eigenvalue weighted by Gasteiger charge is 1.88. The molecule has 0 saturated heterocycles. The molecule has 0 radical (unpaired) electrons. The zero-order valence-electron chi connectivity index (χ0n) is 7.62. The minimum absolute atomic E-state index is 0. The van der Waals surface area contributed by atoms with Crippen molar-refractivity contribution in [3.05, 3.63) is 24.3 Å². The summed E-state index contributed by atoms with van der Waals surface area (Å²) >= 11 is 0. The Balaban J connectivity index is 0. The van der Waals surface area contributed by atoms with Gasteiger partial charge in [0.1, 0.15) is 0 Å². The van der Waals surface area contributed by atoms with Gasteiger partial charge in [0, 0.05) is 17.9 Å². The Morgan fingerprint density at radius 2 is 1.69 bits per heavy atom. The van der Waals surface area contributed by atoms with Crippen LogP contribution in [0.5, 0.6) is 0 Å². The molecule has 76 valence electrons. The monoisotopic (exact) mass is 222 g/mol. The van der Waals surface area contributed by atoms with E-state index in [9.17, 15) is 0 Å². The number of benzene rings is 1. The second kappa shape index (κ2) is 8.02. The maximum atomic E-state index is 5.53. The number of nitrogens with two attached hydrogens (primary N) is 1. The van der Waals surface area contributed by atoms with E-state index in [0.717, 1.165) is 24.3 Å². The number of rotatable bonds is 3. The van der Waals surface area contributed by atoms with Gasteiger partial charge in [-0.15, -0.1) is 24.8 Å². The molecule has 0 atom stereocenters. The molecule has 0 aromatic heterocycles. The number of nitrogens with one attached hydrogen (secondary N) is 1. The zero-order valence-corrected chi connectivity index (χ0v) is 9.25. The van der Waals surface area contributed by atoms with Gasteiger partial charge in [0.25, 0.3) is 0 Å². The van der Waals surface area contributed by atoms with Gasteiger partial charge in [-0.25, -0.2) is 0 Å². The van der Waals surface area contributed by atoms with Crippen molar-refractivity contribution in [2.24, 2.45) is 0 Å². The van der Waals surface area contributed by atoms with Crippen LogP contribution in [0, 0.1) is 0 Å². The van der Waals surface area contributed by atoms with Crippen LogP contribution in [-0.4, -0.2) is 6.54 Å². The van der Waals surface area contributed by atoms with Crippen molar-refractivity contribution < 1.29 is 0 Å². The SMILES string of the molecule is CCCNc1ccc(N)cc1.Cl.Cl. The molecule has 0 aliphatic carbocycles. The van der Waals surface area contributed by atoms with Gasteiger partial charge in [0.2, 0.25) is 0 Å². The first-order valence-corrected chi connectivity index (χ1v) is 3.92. The van der Waals surface area contributed by atoms with Crippen LogP contribution in [0.25, 0.3) is 0 Å². The quantitative estimate of drug-likeness (QED) is 0.773. The maximum Gasteiger partial charge on any atom is 0.0341 e. The van der Waals surface area contributed by atoms with Crippen LogP contribution in [0.15, 0.2) is 24.3 Å². The molecular weight excluding hydrogens is 207 g/mol. The van der Waals surface area contributed by atoms with Gasteiger partial charge in [-0.1, -0.05) is 6.92 Å². The third-order valence-electron chi connectivity index (χ3n) is 1.49. The minimum Gasteiger partial charge on any atom is -0.399 e. The number of halogens is 2. The van der Waals surface area contributed by atoms with E-state index in [1.807, 2.05) is 24.3 Å². The molecule has 0 bridgehead atoms. The van der Waals surface area contributed by atoms with Crippen molar-refractivity contribution in [1.82, 2.24) is 0 Å². The first-order chi connectivity index (χ1) is 5.33. The lowest BCUT2D eigenvalue weighted by molar-refractivity contribution is 0.980. The van der Waals surface area contributed by atoms with Gasteiger partial charge in [-0.2, -0.15) is 0 Å². The van der Waals surface area contributed by atoms with Gasteiger partial charge in [0.05, 0.1) is 0 Å². The number of hydrogen-bond donors (Lipinski definition) is 2. The molecule has 3 N–H and O–H groups in total. The molecule has 0 saturated carbocycles. The molecule has 0 amide bonds. The van der Waals surface area contributed by atoms with E-state index < -0.39 is 0 Å². The van der Waals surface area contributed by atoms with Crippen molar-refractivity contribution in [1.29, 1.82) is 0 Å². The van der Waals surface area contributed by atoms with Crippen molar-refractivity contribution in [2.75, 3.05) is 17.6 Å². The summed E-state index contributed by atoms with van der Waals surface area (Å²) in [6.45, 7) is 3.16. The van der Waals surface area contributed by atoms with E-state index in [1.165, 1.54) is 0 Å². The fourth-order valence-corrected chi connectivity index (χ4v) is 0.870. The Bertz CT molecular complexity index is 211. The molecule has 4 heteroatoms. The zero-order chi connectivity index (χ0) is 8.10. The lowest BCUT2D eigenvalue weighted by Gasteiger charge is -2.03. The molecule has 1 rings (SSSR count). The summed E-state index contributed by atoms with van der Waals surface area (Å²) in [6, 6.07) is 7.78. The van der Waals surface area contributed by atoms with E-state index in [-0.39, 0.29) is 24.8 Å². The molecule has 0 unspecified atom stereocenters. The fourth-order valence-electron chi connectivity index (χ4n) is 0.870. The highest BCUT2D eigenvalue weighted by Crippen LogP contribution is 2.09. The summed E-state index contributed by atoms with van der Waals surface area (Å²) in [5.74, 6) is 0. The molecular formula is C9H16Cl2N2. The van der Waals surface area contributed by atoms with E-state index in [2.05, 4.69) is 12.2 Å². The number of hydrogen-bond acceptors (Lipinski definition) is 2. The van der Waals surface area contributed by atoms with Crippen molar-refractivity contribution >= 4 is 36.2 Å². The summed E-state index contributed by atoms with van der Waals surface area (Å²) in [7, 11) is 0. The topological polar surface area (TPSA) is 38.0 Å². The predicted octanol–water partition coefficient (Wildman–Crippen LogP) is 2.93. The average molecular weight is 223 g/mol. The van der Waals surface area contributed by atoms with Gasteiger partial charge in [-0.3, -0.25) is 0 Å². The third-order valence-corrected chi connectivity index (χ3v) is 1.49. The highest BCUT2D eigenvalue weighted by molar-refractivity contribution is 5.85. The Morgan fingerprint density at radius 3 is 2.15 bits per heavy atom. The summed E-state index contributed by atoms with van der Waals surface area (Å²) in [5, 5.41) is 3.27. The van der Waals surface area contributed by atoms with Crippen LogP contribution >= 0.6 is 24.8 Å². The van der Waals surface area contributed by atoms with Crippen LogP contribution in [0.3, 0.4) is 0 Å². The van der Waals surface area contributed by atoms with Crippen LogP contribution < -0.4 is 11.1 Å². The lowest BCUT2D eigenvalue weighted by Crippen LogP contribution is -1.99. The predicted molar refractivity (Wildman–Crippen MR) is 64.1 cm³/mol. The molecule has 13 heavy (non-hydrogen) atoms. The van der Waals surface area contributed by atoms with Crippen LogP contribution in [-0.2, 0) is 0 Å². The van der Waals surface area contributed by atoms with Crippen molar-refractivity contribution in [3.63, 3.8) is 0 Å². The summed E-state index contributed by atoms with van der Waals surface area (Å²) < 4.78 is 0. The number of anilines is 2. The minimum atomic E-state index is 0. The lowest BCUT2D eigenvalue weighted by atomic mass is 10.3. The Morgan fingerprint density at radius 1 is 1.15 bits per heavy atom. The maximum absolute atomic E-state index is 5.53. The highest BCUT2D eigenvalue weighted by atomic mass is 35.5. The van der Waals surface area contributed by atoms with Gasteiger partial charge < -0.3 is 11.1 Å². The summed E-state index contributed by atoms with van der Waals surface area (Å²) in [5.41, 5.74) is 7.48. The first kappa shape index (κ1) is 14.9. The normalized spacial score (nSPS) is 8.08. The van der Waals surface area contributed by atoms with Crippen LogP contribution in [0.2, 0.25) is 0 Å². The third kappa shape index (κ3) is 5.61. The van der Waals surface area contributed by atoms with Crippen LogP contribution in [0.1, 0.15) is 13.3 Å². The van der Waals surface area contributed by atoms with Crippen molar-refractivity contribution in [2.45, 2.75) is 13.3 Å². The average Bonchev–Trinajstić information content (AvgIpc) is 2.04. The van der Waals surface area contributed by atoms with E-state index in [1.54, 1.807) is 0 Å². The van der Waals surface area contributed by atoms with Crippen molar-refractivity contribution in [3.8, 4) is 0 Å². The van der Waals surface area contributed by atoms with E-state index >= 15 is 0 Å². The van der Waals surface area contributed by atoms with Gasteiger partial charge in [0.15, 0.2) is 0 Å². The second-order valence-corrected chi connectivity index (χ2v) is 2.55. The number of nitrogen functional groups attached to an aromatic ring is 1. The molecule has 2 nitrogen and oxygen atoms in total. The Hall–Kier alpha value is -0.600. The van der Waals surface area contributed by atoms with Gasteiger partial charge >= 0.3 is 0 Å². The molecule has 0 aliphatic rings. The van der Waals surface area contributed by atoms with Crippen LogP contribution in [0.4, 0.5) is 11.4 Å². The Kier molecular flexibility index (Phi) is 9.19. The second-order valence-electron chi connectivity index (χ2n) is 2.55. The molecule has 0 heterocycles. The summed E-state index contributed by atoms with van der Waals surface area (Å²) in [4.78, 5) is 0. The first-order valence-electron chi connectivity index (χ1n) is 3.92. The smallest absolute Gasteiger partial charge is 0.0341 e. The summed E-state index contributed by atoms with van der Waals surface area (Å²) in [6.07, 6.45) is 1.14. The molecule has 0 aliphatic heterocycles. The Labute approximate surface area is 91.7 Å². The largest absolute Gasteiger partial charge is 0.399 e.